The molecular formula is C25H26N2O5S2. The van der Waals surface area contributed by atoms with Gasteiger partial charge in [-0.2, -0.15) is 4.31 Å². The Balaban J connectivity index is 1.74. The molecule has 2 aromatic carbocycles. The van der Waals surface area contributed by atoms with Crippen LogP contribution < -0.4 is 9.64 Å². The van der Waals surface area contributed by atoms with Crippen molar-refractivity contribution in [1.29, 1.82) is 0 Å². The Hall–Kier alpha value is -2.88. The van der Waals surface area contributed by atoms with Crippen LogP contribution in [0.25, 0.3) is 11.1 Å². The Labute approximate surface area is 203 Å². The van der Waals surface area contributed by atoms with Gasteiger partial charge in [-0.05, 0) is 36.6 Å². The lowest BCUT2D eigenvalue weighted by Gasteiger charge is -2.30. The topological polar surface area (TPSA) is 87.2 Å². The van der Waals surface area contributed by atoms with Crippen molar-refractivity contribution in [1.82, 2.24) is 4.31 Å². The summed E-state index contributed by atoms with van der Waals surface area (Å²) in [5, 5.41) is 9.45. The van der Waals surface area contributed by atoms with Crippen molar-refractivity contribution in [2.75, 3.05) is 18.5 Å². The van der Waals surface area contributed by atoms with Crippen molar-refractivity contribution in [3.05, 3.63) is 58.3 Å². The first-order valence-corrected chi connectivity index (χ1v) is 13.4. The van der Waals surface area contributed by atoms with E-state index in [0.29, 0.717) is 29.5 Å². The molecule has 0 saturated heterocycles. The zero-order valence-corrected chi connectivity index (χ0v) is 20.8. The number of carboxylic acid groups (broad SMARTS) is 1. The molecule has 1 N–H and O–H groups in total. The number of ether oxygens (including phenoxy) is 1. The summed E-state index contributed by atoms with van der Waals surface area (Å²) in [5.74, 6) is -0.127. The number of likely N-dealkylation sites (N-methyl/N-ethyl adjacent to an activating group) is 1. The third-order valence-corrected chi connectivity index (χ3v) is 9.43. The molecule has 0 saturated carbocycles. The summed E-state index contributed by atoms with van der Waals surface area (Å²) in [6.07, 6.45) is 0.722. The summed E-state index contributed by atoms with van der Waals surface area (Å²) < 4.78 is 35.2. The average molecular weight is 499 g/mol. The minimum absolute atomic E-state index is 0.198. The second kappa shape index (κ2) is 8.41. The van der Waals surface area contributed by atoms with Gasteiger partial charge in [-0.15, -0.1) is 11.3 Å². The molecule has 34 heavy (non-hydrogen) atoms. The first kappa shape index (κ1) is 22.9. The average Bonchev–Trinajstić information content (AvgIpc) is 3.23. The number of hydrogen-bond donors (Lipinski definition) is 1. The zero-order chi connectivity index (χ0) is 24.2. The Kier molecular flexibility index (Phi) is 5.66. The molecular weight excluding hydrogens is 472 g/mol. The highest BCUT2D eigenvalue weighted by Gasteiger charge is 2.39. The maximum Gasteiger partial charge on any atom is 0.345 e. The summed E-state index contributed by atoms with van der Waals surface area (Å²) in [7, 11) is -2.17. The minimum atomic E-state index is -3.82. The normalized spacial score (nSPS) is 19.1. The lowest BCUT2D eigenvalue weighted by atomic mass is 10.0. The van der Waals surface area contributed by atoms with E-state index in [1.54, 1.807) is 25.2 Å². The predicted octanol–water partition coefficient (Wildman–Crippen LogP) is 5.19. The second-order valence-corrected chi connectivity index (χ2v) is 12.2. The number of sulfonamides is 1. The maximum absolute atomic E-state index is 13.9. The van der Waals surface area contributed by atoms with Gasteiger partial charge < -0.3 is 14.7 Å². The fourth-order valence-electron chi connectivity index (χ4n) is 4.70. The molecule has 178 valence electrons. The Morgan fingerprint density at radius 1 is 1.18 bits per heavy atom. The highest BCUT2D eigenvalue weighted by atomic mass is 32.2. The van der Waals surface area contributed by atoms with Gasteiger partial charge in [-0.1, -0.05) is 32.0 Å². The molecule has 0 aliphatic carbocycles. The summed E-state index contributed by atoms with van der Waals surface area (Å²) in [5.41, 5.74) is 2.80. The molecule has 1 aromatic heterocycles. The van der Waals surface area contributed by atoms with Crippen LogP contribution in [0.4, 0.5) is 11.4 Å². The van der Waals surface area contributed by atoms with Gasteiger partial charge in [0, 0.05) is 42.5 Å². The first-order chi connectivity index (χ1) is 16.2. The van der Waals surface area contributed by atoms with Crippen molar-refractivity contribution >= 4 is 38.7 Å². The summed E-state index contributed by atoms with van der Waals surface area (Å²) in [4.78, 5) is 14.8. The van der Waals surface area contributed by atoms with Crippen LogP contribution in [0.5, 0.6) is 5.75 Å². The van der Waals surface area contributed by atoms with Crippen LogP contribution in [0, 0.1) is 5.92 Å². The van der Waals surface area contributed by atoms with Crippen LogP contribution in [0.15, 0.2) is 53.4 Å². The van der Waals surface area contributed by atoms with Crippen LogP contribution in [0.3, 0.4) is 0 Å². The second-order valence-electron chi connectivity index (χ2n) is 9.11. The quantitative estimate of drug-likeness (QED) is 0.533. The smallest absolute Gasteiger partial charge is 0.345 e. The number of rotatable bonds is 4. The Bertz CT molecular complexity index is 1370. The number of thiophene rings is 1. The van der Waals surface area contributed by atoms with Crippen molar-refractivity contribution in [2.24, 2.45) is 5.92 Å². The molecule has 2 aliphatic rings. The van der Waals surface area contributed by atoms with E-state index < -0.39 is 16.0 Å². The number of nitrogens with zero attached hydrogens (tertiary/aromatic N) is 2. The van der Waals surface area contributed by atoms with E-state index >= 15 is 0 Å². The van der Waals surface area contributed by atoms with E-state index in [9.17, 15) is 18.3 Å². The van der Waals surface area contributed by atoms with Gasteiger partial charge in [0.1, 0.15) is 22.1 Å². The number of fused-ring (bicyclic) bond motifs is 4. The predicted molar refractivity (Wildman–Crippen MR) is 133 cm³/mol. The fourth-order valence-corrected chi connectivity index (χ4v) is 7.19. The third kappa shape index (κ3) is 3.77. The summed E-state index contributed by atoms with van der Waals surface area (Å²) >= 11 is 1.16. The molecule has 9 heteroatoms. The fraction of sp³-hybridized carbons (Fsp3) is 0.320. The highest BCUT2D eigenvalue weighted by Crippen LogP contribution is 2.48. The molecule has 0 bridgehead atoms. The maximum atomic E-state index is 13.9. The van der Waals surface area contributed by atoms with Crippen LogP contribution in [0.2, 0.25) is 0 Å². The van der Waals surface area contributed by atoms with Crippen LogP contribution >= 0.6 is 11.3 Å². The van der Waals surface area contributed by atoms with Gasteiger partial charge in [0.05, 0.1) is 10.6 Å². The standard InChI is InChI=1S/C25H26N2O5S2/c1-15(2)9-17-13-27(16-7-5-4-6-8-16)20-12-21-18(11-24(20)34(30,31)26(17)3)19-10-22(25(28)29)33-23(19)14-32-21/h4-8,10-12,15,17H,9,13-14H2,1-3H3,(H,28,29)/t17-/m1/s1. The molecule has 0 fully saturated rings. The first-order valence-electron chi connectivity index (χ1n) is 11.1. The summed E-state index contributed by atoms with van der Waals surface area (Å²) in [6.45, 7) is 4.95. The van der Waals surface area contributed by atoms with Gasteiger partial charge in [-0.3, -0.25) is 0 Å². The number of hydrogen-bond acceptors (Lipinski definition) is 6. The summed E-state index contributed by atoms with van der Waals surface area (Å²) in [6, 6.07) is 14.6. The van der Waals surface area contributed by atoms with Gasteiger partial charge >= 0.3 is 5.97 Å². The molecule has 0 spiro atoms. The minimum Gasteiger partial charge on any atom is -0.487 e. The molecule has 3 heterocycles. The third-order valence-electron chi connectivity index (χ3n) is 6.40. The number of benzene rings is 2. The molecule has 7 nitrogen and oxygen atoms in total. The lowest BCUT2D eigenvalue weighted by molar-refractivity contribution is 0.0702. The van der Waals surface area contributed by atoms with Gasteiger partial charge in [0.25, 0.3) is 0 Å². The lowest BCUT2D eigenvalue weighted by Crippen LogP contribution is -2.41. The molecule has 3 aromatic rings. The van der Waals surface area contributed by atoms with E-state index in [1.807, 2.05) is 30.3 Å². The van der Waals surface area contributed by atoms with E-state index in [0.717, 1.165) is 33.9 Å². The molecule has 0 unspecified atom stereocenters. The number of anilines is 2. The molecule has 5 rings (SSSR count). The highest BCUT2D eigenvalue weighted by molar-refractivity contribution is 7.89. The van der Waals surface area contributed by atoms with Gasteiger partial charge in [0.15, 0.2) is 0 Å². The van der Waals surface area contributed by atoms with Gasteiger partial charge in [0.2, 0.25) is 10.0 Å². The number of carbonyl (C=O) groups is 1. The Morgan fingerprint density at radius 3 is 2.59 bits per heavy atom. The number of aromatic carboxylic acids is 1. The zero-order valence-electron chi connectivity index (χ0n) is 19.2. The van der Waals surface area contributed by atoms with Crippen LogP contribution in [-0.2, 0) is 16.6 Å². The Morgan fingerprint density at radius 2 is 1.91 bits per heavy atom. The molecule has 2 aliphatic heterocycles. The van der Waals surface area contributed by atoms with E-state index in [-0.39, 0.29) is 22.4 Å². The number of para-hydroxylation sites is 1. The van der Waals surface area contributed by atoms with Crippen molar-refractivity contribution in [3.8, 4) is 16.9 Å². The largest absolute Gasteiger partial charge is 0.487 e. The molecule has 0 amide bonds. The SMILES string of the molecule is CC(C)C[C@@H]1CN(c2ccccc2)c2cc3c(cc2S(=O)(=O)N1C)-c1cc(C(=O)O)sc1CO3. The monoisotopic (exact) mass is 498 g/mol. The van der Waals surface area contributed by atoms with Crippen molar-refractivity contribution in [2.45, 2.75) is 37.8 Å². The number of carboxylic acids is 1. The van der Waals surface area contributed by atoms with Crippen molar-refractivity contribution in [3.63, 3.8) is 0 Å². The van der Waals surface area contributed by atoms with E-state index in [1.165, 1.54) is 4.31 Å². The van der Waals surface area contributed by atoms with Crippen LogP contribution in [0.1, 0.15) is 34.8 Å². The molecule has 0 radical (unpaired) electrons. The van der Waals surface area contributed by atoms with Crippen LogP contribution in [-0.4, -0.2) is 43.4 Å². The van der Waals surface area contributed by atoms with E-state index in [2.05, 4.69) is 18.7 Å². The molecule has 1 atom stereocenters. The van der Waals surface area contributed by atoms with E-state index in [4.69, 9.17) is 4.74 Å². The van der Waals surface area contributed by atoms with Crippen molar-refractivity contribution < 1.29 is 23.1 Å². The van der Waals surface area contributed by atoms with Gasteiger partial charge in [-0.25, -0.2) is 13.2 Å².